The van der Waals surface area contributed by atoms with Crippen LogP contribution in [0.5, 0.6) is 5.75 Å². The standard InChI is InChI=1S/C23H21ClN2O3/c1-15-5-3-8-21(16(15)2)29-14-22(27)25-19-9-11-20(12-10-19)26-23(28)17-6-4-7-18(24)13-17/h3-13H,14H2,1-2H3,(H,25,27)(H,26,28). The maximum Gasteiger partial charge on any atom is 0.262 e. The van der Waals surface area contributed by atoms with Crippen LogP contribution in [0.1, 0.15) is 21.5 Å². The quantitative estimate of drug-likeness (QED) is 0.587. The molecule has 0 fully saturated rings. The molecule has 2 N–H and O–H groups in total. The molecule has 2 amide bonds. The van der Waals surface area contributed by atoms with Crippen LogP contribution in [0.3, 0.4) is 0 Å². The molecule has 3 aromatic rings. The van der Waals surface area contributed by atoms with E-state index < -0.39 is 0 Å². The van der Waals surface area contributed by atoms with Crippen molar-refractivity contribution >= 4 is 34.8 Å². The zero-order chi connectivity index (χ0) is 20.8. The van der Waals surface area contributed by atoms with Gasteiger partial charge in [-0.15, -0.1) is 0 Å². The Kier molecular flexibility index (Phi) is 6.52. The molecule has 0 aliphatic heterocycles. The lowest BCUT2D eigenvalue weighted by molar-refractivity contribution is -0.118. The number of carbonyl (C=O) groups excluding carboxylic acids is 2. The molecule has 0 saturated carbocycles. The number of anilines is 2. The summed E-state index contributed by atoms with van der Waals surface area (Å²) in [5, 5.41) is 6.06. The van der Waals surface area contributed by atoms with E-state index in [0.717, 1.165) is 11.1 Å². The molecule has 6 heteroatoms. The minimum atomic E-state index is -0.262. The van der Waals surface area contributed by atoms with E-state index in [4.69, 9.17) is 16.3 Å². The van der Waals surface area contributed by atoms with Gasteiger partial charge in [0.2, 0.25) is 0 Å². The molecule has 0 atom stereocenters. The normalized spacial score (nSPS) is 10.3. The van der Waals surface area contributed by atoms with Gasteiger partial charge < -0.3 is 15.4 Å². The first-order chi connectivity index (χ1) is 13.9. The van der Waals surface area contributed by atoms with E-state index >= 15 is 0 Å². The summed E-state index contributed by atoms with van der Waals surface area (Å²) in [5.74, 6) is 0.173. The molecule has 29 heavy (non-hydrogen) atoms. The molecule has 0 aromatic heterocycles. The van der Waals surface area contributed by atoms with E-state index in [1.165, 1.54) is 0 Å². The van der Waals surface area contributed by atoms with Crippen molar-refractivity contribution in [1.29, 1.82) is 0 Å². The zero-order valence-corrected chi connectivity index (χ0v) is 16.9. The number of ether oxygens (including phenoxy) is 1. The number of hydrogen-bond donors (Lipinski definition) is 2. The fraction of sp³-hybridized carbons (Fsp3) is 0.130. The van der Waals surface area contributed by atoms with Crippen molar-refractivity contribution in [3.8, 4) is 5.75 Å². The van der Waals surface area contributed by atoms with Gasteiger partial charge in [0, 0.05) is 22.0 Å². The summed E-state index contributed by atoms with van der Waals surface area (Å²) < 4.78 is 5.61. The van der Waals surface area contributed by atoms with Gasteiger partial charge in [-0.25, -0.2) is 0 Å². The lowest BCUT2D eigenvalue weighted by atomic mass is 10.1. The van der Waals surface area contributed by atoms with Gasteiger partial charge >= 0.3 is 0 Å². The maximum atomic E-state index is 12.2. The third kappa shape index (κ3) is 5.59. The van der Waals surface area contributed by atoms with Crippen molar-refractivity contribution in [3.05, 3.63) is 88.4 Å². The summed E-state index contributed by atoms with van der Waals surface area (Å²) in [4.78, 5) is 24.4. The lowest BCUT2D eigenvalue weighted by Crippen LogP contribution is -2.20. The van der Waals surface area contributed by atoms with Crippen LogP contribution in [0.4, 0.5) is 11.4 Å². The molecular formula is C23H21ClN2O3. The maximum absolute atomic E-state index is 12.2. The number of aryl methyl sites for hydroxylation is 1. The van der Waals surface area contributed by atoms with Gasteiger partial charge in [0.25, 0.3) is 11.8 Å². The molecule has 0 aliphatic carbocycles. The number of nitrogens with one attached hydrogen (secondary N) is 2. The predicted octanol–water partition coefficient (Wildman–Crippen LogP) is 5.23. The molecule has 0 bridgehead atoms. The second-order valence-corrected chi connectivity index (χ2v) is 7.01. The Hall–Kier alpha value is -3.31. The highest BCUT2D eigenvalue weighted by Gasteiger charge is 2.09. The van der Waals surface area contributed by atoms with Crippen molar-refractivity contribution in [2.24, 2.45) is 0 Å². The summed E-state index contributed by atoms with van der Waals surface area (Å²) in [6.45, 7) is 3.87. The summed E-state index contributed by atoms with van der Waals surface area (Å²) in [6, 6.07) is 19.3. The molecule has 0 spiro atoms. The molecule has 0 heterocycles. The van der Waals surface area contributed by atoms with E-state index in [2.05, 4.69) is 10.6 Å². The van der Waals surface area contributed by atoms with Gasteiger partial charge in [-0.05, 0) is 73.5 Å². The number of amides is 2. The number of rotatable bonds is 6. The Balaban J connectivity index is 1.54. The van der Waals surface area contributed by atoms with Crippen LogP contribution in [0.15, 0.2) is 66.7 Å². The molecule has 0 aliphatic rings. The van der Waals surface area contributed by atoms with Crippen molar-refractivity contribution in [3.63, 3.8) is 0 Å². The van der Waals surface area contributed by atoms with Crippen molar-refractivity contribution in [2.45, 2.75) is 13.8 Å². The van der Waals surface area contributed by atoms with Gasteiger partial charge in [0.15, 0.2) is 6.61 Å². The smallest absolute Gasteiger partial charge is 0.262 e. The van der Waals surface area contributed by atoms with E-state index in [9.17, 15) is 9.59 Å². The summed E-state index contributed by atoms with van der Waals surface area (Å²) in [6.07, 6.45) is 0. The first-order valence-electron chi connectivity index (χ1n) is 9.08. The number of benzene rings is 3. The van der Waals surface area contributed by atoms with Crippen LogP contribution in [0, 0.1) is 13.8 Å². The Morgan fingerprint density at radius 2 is 1.55 bits per heavy atom. The predicted molar refractivity (Wildman–Crippen MR) is 116 cm³/mol. The van der Waals surface area contributed by atoms with Gasteiger partial charge in [0.1, 0.15) is 5.75 Å². The molecule has 3 rings (SSSR count). The molecule has 148 valence electrons. The minimum Gasteiger partial charge on any atom is -0.483 e. The second kappa shape index (κ2) is 9.26. The van der Waals surface area contributed by atoms with Gasteiger partial charge in [-0.1, -0.05) is 29.8 Å². The summed E-state index contributed by atoms with van der Waals surface area (Å²) in [5.41, 5.74) is 3.82. The number of halogens is 1. The van der Waals surface area contributed by atoms with Crippen LogP contribution < -0.4 is 15.4 Å². The van der Waals surface area contributed by atoms with Crippen LogP contribution in [0.25, 0.3) is 0 Å². The minimum absolute atomic E-state index is 0.0858. The highest BCUT2D eigenvalue weighted by molar-refractivity contribution is 6.31. The zero-order valence-electron chi connectivity index (χ0n) is 16.2. The molecule has 3 aromatic carbocycles. The average molecular weight is 409 g/mol. The van der Waals surface area contributed by atoms with E-state index in [-0.39, 0.29) is 18.4 Å². The summed E-state index contributed by atoms with van der Waals surface area (Å²) >= 11 is 5.91. The van der Waals surface area contributed by atoms with E-state index in [0.29, 0.717) is 27.7 Å². The molecule has 5 nitrogen and oxygen atoms in total. The molecule has 0 saturated heterocycles. The molecule has 0 radical (unpaired) electrons. The highest BCUT2D eigenvalue weighted by atomic mass is 35.5. The van der Waals surface area contributed by atoms with Crippen LogP contribution in [-0.4, -0.2) is 18.4 Å². The Bertz CT molecular complexity index is 1030. The van der Waals surface area contributed by atoms with Gasteiger partial charge in [-0.3, -0.25) is 9.59 Å². The fourth-order valence-corrected chi connectivity index (χ4v) is 2.88. The fourth-order valence-electron chi connectivity index (χ4n) is 2.69. The first kappa shape index (κ1) is 20.4. The van der Waals surface area contributed by atoms with Crippen LogP contribution in [-0.2, 0) is 4.79 Å². The molecular weight excluding hydrogens is 388 g/mol. The second-order valence-electron chi connectivity index (χ2n) is 6.58. The van der Waals surface area contributed by atoms with E-state index in [1.807, 2.05) is 32.0 Å². The topological polar surface area (TPSA) is 67.4 Å². The Labute approximate surface area is 174 Å². The SMILES string of the molecule is Cc1cccc(OCC(=O)Nc2ccc(NC(=O)c3cccc(Cl)c3)cc2)c1C. The lowest BCUT2D eigenvalue weighted by Gasteiger charge is -2.11. The van der Waals surface area contributed by atoms with Gasteiger partial charge in [-0.2, -0.15) is 0 Å². The largest absolute Gasteiger partial charge is 0.483 e. The van der Waals surface area contributed by atoms with Crippen LogP contribution >= 0.6 is 11.6 Å². The highest BCUT2D eigenvalue weighted by Crippen LogP contribution is 2.21. The number of hydrogen-bond acceptors (Lipinski definition) is 3. The third-order valence-corrected chi connectivity index (χ3v) is 4.66. The van der Waals surface area contributed by atoms with Crippen molar-refractivity contribution < 1.29 is 14.3 Å². The summed E-state index contributed by atoms with van der Waals surface area (Å²) in [7, 11) is 0. The Morgan fingerprint density at radius 3 is 2.24 bits per heavy atom. The monoisotopic (exact) mass is 408 g/mol. The Morgan fingerprint density at radius 1 is 0.897 bits per heavy atom. The van der Waals surface area contributed by atoms with Crippen LogP contribution in [0.2, 0.25) is 5.02 Å². The average Bonchev–Trinajstić information content (AvgIpc) is 2.70. The number of carbonyl (C=O) groups is 2. The first-order valence-corrected chi connectivity index (χ1v) is 9.46. The molecule has 0 unspecified atom stereocenters. The van der Waals surface area contributed by atoms with Gasteiger partial charge in [0.05, 0.1) is 0 Å². The third-order valence-electron chi connectivity index (χ3n) is 4.43. The van der Waals surface area contributed by atoms with E-state index in [1.54, 1.807) is 48.5 Å². The van der Waals surface area contributed by atoms with Crippen molar-refractivity contribution in [1.82, 2.24) is 0 Å². The van der Waals surface area contributed by atoms with Crippen molar-refractivity contribution in [2.75, 3.05) is 17.2 Å².